The van der Waals surface area contributed by atoms with Crippen molar-refractivity contribution in [2.75, 3.05) is 13.1 Å². The predicted octanol–water partition coefficient (Wildman–Crippen LogP) is 4.00. The summed E-state index contributed by atoms with van der Waals surface area (Å²) in [5, 5.41) is 18.7. The Hall–Kier alpha value is -3.43. The average molecular weight is 383 g/mol. The van der Waals surface area contributed by atoms with Gasteiger partial charge in [0.15, 0.2) is 0 Å². The second-order valence-corrected chi connectivity index (χ2v) is 7.60. The molecule has 0 saturated carbocycles. The van der Waals surface area contributed by atoms with E-state index in [1.807, 2.05) is 42.6 Å². The van der Waals surface area contributed by atoms with E-state index in [9.17, 15) is 0 Å². The van der Waals surface area contributed by atoms with Crippen LogP contribution in [-0.2, 0) is 13.0 Å². The smallest absolute Gasteiger partial charge is 0.221 e. The molecule has 0 amide bonds. The Morgan fingerprint density at radius 1 is 1.14 bits per heavy atom. The highest BCUT2D eigenvalue weighted by Crippen LogP contribution is 2.28. The van der Waals surface area contributed by atoms with Crippen molar-refractivity contribution in [3.8, 4) is 6.07 Å². The van der Waals surface area contributed by atoms with Crippen LogP contribution in [0.1, 0.15) is 40.8 Å². The van der Waals surface area contributed by atoms with Crippen LogP contribution in [0.2, 0.25) is 0 Å². The molecule has 0 unspecified atom stereocenters. The van der Waals surface area contributed by atoms with Crippen LogP contribution in [0.25, 0.3) is 10.9 Å². The Morgan fingerprint density at radius 2 is 2.00 bits per heavy atom. The lowest BCUT2D eigenvalue weighted by Crippen LogP contribution is -2.19. The fraction of sp³-hybridized carbons (Fsp3) is 0.261. The van der Waals surface area contributed by atoms with Gasteiger partial charge in [-0.25, -0.2) is 0 Å². The molecule has 1 fully saturated rings. The molecule has 144 valence electrons. The molecule has 2 aromatic carbocycles. The van der Waals surface area contributed by atoms with Crippen LogP contribution in [0.15, 0.2) is 59.1 Å². The van der Waals surface area contributed by atoms with Crippen LogP contribution in [0.5, 0.6) is 0 Å². The molecule has 4 aromatic rings. The normalized spacial score (nSPS) is 17.0. The molecule has 1 aliphatic rings. The molecule has 1 atom stereocenters. The zero-order chi connectivity index (χ0) is 19.6. The lowest BCUT2D eigenvalue weighted by molar-refractivity contribution is 0.318. The standard InChI is InChI=1S/C23H21N5O/c24-12-16-5-7-17(8-6-16)14-28-10-9-18(15-28)23-27-26-22(29-23)11-19-13-25-21-4-2-1-3-20(19)21/h1-8,13,18,25H,9-11,14-15H2/t18-/m0/s1. The van der Waals surface area contributed by atoms with Gasteiger partial charge in [0.1, 0.15) is 0 Å². The molecule has 1 N–H and O–H groups in total. The number of fused-ring (bicyclic) bond motifs is 1. The minimum absolute atomic E-state index is 0.276. The molecule has 3 heterocycles. The second kappa shape index (κ2) is 7.53. The molecule has 0 bridgehead atoms. The number of hydrogen-bond acceptors (Lipinski definition) is 5. The number of aromatic amines is 1. The van der Waals surface area contributed by atoms with Crippen molar-refractivity contribution in [2.45, 2.75) is 25.3 Å². The van der Waals surface area contributed by atoms with E-state index in [2.05, 4.69) is 38.3 Å². The van der Waals surface area contributed by atoms with E-state index < -0.39 is 0 Å². The minimum Gasteiger partial charge on any atom is -0.425 e. The van der Waals surface area contributed by atoms with Gasteiger partial charge in [-0.05, 0) is 42.3 Å². The Labute approximate surface area is 168 Å². The number of aromatic nitrogens is 3. The van der Waals surface area contributed by atoms with Crippen LogP contribution in [0.3, 0.4) is 0 Å². The maximum Gasteiger partial charge on any atom is 0.221 e. The molecule has 0 radical (unpaired) electrons. The number of H-pyrrole nitrogens is 1. The first-order valence-corrected chi connectivity index (χ1v) is 9.87. The van der Waals surface area contributed by atoms with Gasteiger partial charge in [-0.2, -0.15) is 5.26 Å². The first-order valence-electron chi connectivity index (χ1n) is 9.87. The number of nitrogens with one attached hydrogen (secondary N) is 1. The summed E-state index contributed by atoms with van der Waals surface area (Å²) >= 11 is 0. The Kier molecular flexibility index (Phi) is 4.59. The van der Waals surface area contributed by atoms with Gasteiger partial charge in [-0.3, -0.25) is 4.90 Å². The van der Waals surface area contributed by atoms with Crippen LogP contribution in [-0.4, -0.2) is 33.2 Å². The van der Waals surface area contributed by atoms with Crippen LogP contribution >= 0.6 is 0 Å². The fourth-order valence-electron chi connectivity index (χ4n) is 4.06. The number of hydrogen-bond donors (Lipinski definition) is 1. The van der Waals surface area contributed by atoms with E-state index in [-0.39, 0.29) is 5.92 Å². The molecule has 1 aliphatic heterocycles. The van der Waals surface area contributed by atoms with Crippen molar-refractivity contribution >= 4 is 10.9 Å². The van der Waals surface area contributed by atoms with Crippen LogP contribution in [0.4, 0.5) is 0 Å². The lowest BCUT2D eigenvalue weighted by Gasteiger charge is -2.15. The molecule has 5 rings (SSSR count). The Bertz CT molecular complexity index is 1170. The molecular weight excluding hydrogens is 362 g/mol. The topological polar surface area (TPSA) is 81.7 Å². The monoisotopic (exact) mass is 383 g/mol. The summed E-state index contributed by atoms with van der Waals surface area (Å²) in [5.74, 6) is 1.68. The molecular formula is C23H21N5O. The van der Waals surface area contributed by atoms with Gasteiger partial charge < -0.3 is 9.40 Å². The predicted molar refractivity (Wildman–Crippen MR) is 109 cm³/mol. The maximum absolute atomic E-state index is 8.92. The van der Waals surface area contributed by atoms with Gasteiger partial charge in [0.05, 0.1) is 24.0 Å². The minimum atomic E-state index is 0.276. The third-order valence-corrected chi connectivity index (χ3v) is 5.61. The molecule has 6 nitrogen and oxygen atoms in total. The van der Waals surface area contributed by atoms with Crippen molar-refractivity contribution in [3.63, 3.8) is 0 Å². The van der Waals surface area contributed by atoms with Crippen LogP contribution < -0.4 is 0 Å². The summed E-state index contributed by atoms with van der Waals surface area (Å²) in [6.45, 7) is 2.79. The first kappa shape index (κ1) is 17.7. The van der Waals surface area contributed by atoms with E-state index in [1.165, 1.54) is 16.5 Å². The van der Waals surface area contributed by atoms with Crippen molar-refractivity contribution in [1.29, 1.82) is 5.26 Å². The second-order valence-electron chi connectivity index (χ2n) is 7.60. The first-order chi connectivity index (χ1) is 14.3. The fourth-order valence-corrected chi connectivity index (χ4v) is 4.06. The number of rotatable bonds is 5. The summed E-state index contributed by atoms with van der Waals surface area (Å²) in [5.41, 5.74) is 4.21. The Morgan fingerprint density at radius 3 is 2.86 bits per heavy atom. The van der Waals surface area contributed by atoms with Gasteiger partial charge in [-0.1, -0.05) is 30.3 Å². The summed E-state index contributed by atoms with van der Waals surface area (Å²) in [6.07, 6.45) is 3.67. The SMILES string of the molecule is N#Cc1ccc(CN2CC[C@H](c3nnc(Cc4c[nH]c5ccccc45)o3)C2)cc1. The van der Waals surface area contributed by atoms with E-state index >= 15 is 0 Å². The number of nitrogens with zero attached hydrogens (tertiary/aromatic N) is 4. The molecule has 1 saturated heterocycles. The number of benzene rings is 2. The number of likely N-dealkylation sites (tertiary alicyclic amines) is 1. The van der Waals surface area contributed by atoms with Gasteiger partial charge in [-0.15, -0.1) is 10.2 Å². The summed E-state index contributed by atoms with van der Waals surface area (Å²) in [7, 11) is 0. The highest BCUT2D eigenvalue weighted by atomic mass is 16.4. The van der Waals surface area contributed by atoms with Gasteiger partial charge >= 0.3 is 0 Å². The molecule has 2 aromatic heterocycles. The van der Waals surface area contributed by atoms with Crippen molar-refractivity contribution in [1.82, 2.24) is 20.1 Å². The summed E-state index contributed by atoms with van der Waals surface area (Å²) in [4.78, 5) is 5.69. The molecule has 0 aliphatic carbocycles. The van der Waals surface area contributed by atoms with E-state index in [4.69, 9.17) is 9.68 Å². The summed E-state index contributed by atoms with van der Waals surface area (Å²) in [6, 6.07) is 18.2. The van der Waals surface area contributed by atoms with Gasteiger partial charge in [0.25, 0.3) is 0 Å². The molecule has 6 heteroatoms. The van der Waals surface area contributed by atoms with Gasteiger partial charge in [0.2, 0.25) is 11.8 Å². The quantitative estimate of drug-likeness (QED) is 0.563. The molecule has 29 heavy (non-hydrogen) atoms. The zero-order valence-electron chi connectivity index (χ0n) is 16.0. The lowest BCUT2D eigenvalue weighted by atomic mass is 10.1. The largest absolute Gasteiger partial charge is 0.425 e. The maximum atomic E-state index is 8.92. The Balaban J connectivity index is 1.23. The number of nitriles is 1. The van der Waals surface area contributed by atoms with E-state index in [0.717, 1.165) is 37.5 Å². The van der Waals surface area contributed by atoms with Crippen molar-refractivity contribution < 1.29 is 4.42 Å². The third-order valence-electron chi connectivity index (χ3n) is 5.61. The van der Waals surface area contributed by atoms with Gasteiger partial charge in [0, 0.05) is 30.2 Å². The van der Waals surface area contributed by atoms with E-state index in [0.29, 0.717) is 17.9 Å². The average Bonchev–Trinajstić information content (AvgIpc) is 3.49. The highest BCUT2D eigenvalue weighted by molar-refractivity contribution is 5.83. The zero-order valence-corrected chi connectivity index (χ0v) is 16.0. The third kappa shape index (κ3) is 3.65. The highest BCUT2D eigenvalue weighted by Gasteiger charge is 2.28. The van der Waals surface area contributed by atoms with Crippen LogP contribution in [0, 0.1) is 11.3 Å². The number of para-hydroxylation sites is 1. The van der Waals surface area contributed by atoms with Crippen molar-refractivity contribution in [3.05, 3.63) is 83.2 Å². The van der Waals surface area contributed by atoms with Crippen molar-refractivity contribution in [2.24, 2.45) is 0 Å². The molecule has 0 spiro atoms. The summed E-state index contributed by atoms with van der Waals surface area (Å²) < 4.78 is 6.02. The van der Waals surface area contributed by atoms with E-state index in [1.54, 1.807) is 0 Å².